The minimum Gasteiger partial charge on any atom is -0.351 e. The van der Waals surface area contributed by atoms with Crippen LogP contribution in [0.4, 0.5) is 0 Å². The van der Waals surface area contributed by atoms with Crippen molar-refractivity contribution in [3.63, 3.8) is 0 Å². The molecule has 2 heterocycles. The van der Waals surface area contributed by atoms with Crippen LogP contribution in [-0.4, -0.2) is 42.0 Å². The number of hydrogen-bond donors (Lipinski definition) is 2. The highest BCUT2D eigenvalue weighted by molar-refractivity contribution is 5.79. The van der Waals surface area contributed by atoms with Crippen LogP contribution in [0, 0.1) is 11.8 Å². The predicted octanol–water partition coefficient (Wildman–Crippen LogP) is 1.10. The molecule has 1 aliphatic carbocycles. The molecule has 2 saturated heterocycles. The third-order valence-corrected chi connectivity index (χ3v) is 5.48. The average Bonchev–Trinajstić information content (AvgIpc) is 2.94. The maximum atomic E-state index is 12.5. The Morgan fingerprint density at radius 3 is 2.84 bits per heavy atom. The van der Waals surface area contributed by atoms with Gasteiger partial charge in [0.05, 0.1) is 0 Å². The van der Waals surface area contributed by atoms with Crippen molar-refractivity contribution >= 4 is 5.91 Å². The molecule has 3 aliphatic rings. The topological polar surface area (TPSA) is 58.4 Å². The Morgan fingerprint density at radius 1 is 1.21 bits per heavy atom. The minimum atomic E-state index is 0.190. The lowest BCUT2D eigenvalue weighted by Crippen LogP contribution is -2.47. The van der Waals surface area contributed by atoms with Gasteiger partial charge < -0.3 is 11.1 Å². The molecule has 0 aromatic carbocycles. The first kappa shape index (κ1) is 13.4. The summed E-state index contributed by atoms with van der Waals surface area (Å²) in [6.07, 6.45) is 6.66. The number of carbonyl (C=O) groups excluding carboxylic acids is 1. The third kappa shape index (κ3) is 2.65. The Bertz CT molecular complexity index is 346. The maximum absolute atomic E-state index is 12.5. The second-order valence-corrected chi connectivity index (χ2v) is 6.81. The fourth-order valence-electron chi connectivity index (χ4n) is 4.37. The van der Waals surface area contributed by atoms with E-state index in [2.05, 4.69) is 17.1 Å². The Kier molecular flexibility index (Phi) is 3.81. The molecule has 1 amide bonds. The van der Waals surface area contributed by atoms with Gasteiger partial charge in [0.25, 0.3) is 0 Å². The molecule has 2 aliphatic heterocycles. The second kappa shape index (κ2) is 5.41. The van der Waals surface area contributed by atoms with E-state index in [4.69, 9.17) is 5.73 Å². The molecule has 4 heteroatoms. The number of nitrogens with two attached hydrogens (primary N) is 1. The van der Waals surface area contributed by atoms with Gasteiger partial charge in [0.2, 0.25) is 5.91 Å². The molecule has 19 heavy (non-hydrogen) atoms. The van der Waals surface area contributed by atoms with Crippen LogP contribution < -0.4 is 11.1 Å². The van der Waals surface area contributed by atoms with Crippen molar-refractivity contribution < 1.29 is 4.79 Å². The molecule has 0 spiro atoms. The summed E-state index contributed by atoms with van der Waals surface area (Å²) in [4.78, 5) is 15.0. The Labute approximate surface area is 116 Å². The monoisotopic (exact) mass is 265 g/mol. The number of amides is 1. The summed E-state index contributed by atoms with van der Waals surface area (Å²) < 4.78 is 0. The van der Waals surface area contributed by atoms with Crippen LogP contribution in [0.3, 0.4) is 0 Å². The van der Waals surface area contributed by atoms with Crippen LogP contribution >= 0.6 is 0 Å². The van der Waals surface area contributed by atoms with E-state index in [1.807, 2.05) is 0 Å². The fraction of sp³-hybridized carbons (Fsp3) is 0.933. The van der Waals surface area contributed by atoms with E-state index in [1.165, 1.54) is 25.9 Å². The number of fused-ring (bicyclic) bond motifs is 1. The second-order valence-electron chi connectivity index (χ2n) is 6.81. The molecule has 3 fully saturated rings. The highest BCUT2D eigenvalue weighted by atomic mass is 16.2. The van der Waals surface area contributed by atoms with Crippen molar-refractivity contribution in [2.45, 2.75) is 63.6 Å². The molecule has 5 unspecified atom stereocenters. The summed E-state index contributed by atoms with van der Waals surface area (Å²) >= 11 is 0. The zero-order valence-electron chi connectivity index (χ0n) is 12.0. The SMILES string of the molecule is CC1CC(N)CCC1C(=O)NC1CCN2CCCC12. The zero-order chi connectivity index (χ0) is 13.4. The van der Waals surface area contributed by atoms with Crippen molar-refractivity contribution in [3.05, 3.63) is 0 Å². The van der Waals surface area contributed by atoms with E-state index in [9.17, 15) is 4.79 Å². The fourth-order valence-corrected chi connectivity index (χ4v) is 4.37. The molecular formula is C15H27N3O. The largest absolute Gasteiger partial charge is 0.351 e. The molecule has 108 valence electrons. The maximum Gasteiger partial charge on any atom is 0.223 e. The van der Waals surface area contributed by atoms with Gasteiger partial charge in [0.15, 0.2) is 0 Å². The van der Waals surface area contributed by atoms with Gasteiger partial charge in [-0.1, -0.05) is 6.92 Å². The average molecular weight is 265 g/mol. The molecule has 0 bridgehead atoms. The third-order valence-electron chi connectivity index (χ3n) is 5.48. The van der Waals surface area contributed by atoms with Crippen LogP contribution in [0.2, 0.25) is 0 Å². The van der Waals surface area contributed by atoms with Crippen LogP contribution in [0.1, 0.15) is 45.4 Å². The van der Waals surface area contributed by atoms with Gasteiger partial charge in [-0.3, -0.25) is 9.69 Å². The summed E-state index contributed by atoms with van der Waals surface area (Å²) in [6.45, 7) is 4.58. The zero-order valence-corrected chi connectivity index (χ0v) is 12.0. The molecule has 0 aromatic heterocycles. The number of nitrogens with zero attached hydrogens (tertiary/aromatic N) is 1. The molecule has 3 rings (SSSR count). The summed E-state index contributed by atoms with van der Waals surface area (Å²) in [5.41, 5.74) is 5.98. The summed E-state index contributed by atoms with van der Waals surface area (Å²) in [5, 5.41) is 3.34. The van der Waals surface area contributed by atoms with Gasteiger partial charge in [-0.05, 0) is 51.0 Å². The summed E-state index contributed by atoms with van der Waals surface area (Å²) in [7, 11) is 0. The van der Waals surface area contributed by atoms with E-state index in [0.717, 1.165) is 25.7 Å². The van der Waals surface area contributed by atoms with Crippen molar-refractivity contribution in [1.29, 1.82) is 0 Å². The highest BCUT2D eigenvalue weighted by Crippen LogP contribution is 2.31. The number of rotatable bonds is 2. The van der Waals surface area contributed by atoms with Crippen LogP contribution in [0.15, 0.2) is 0 Å². The van der Waals surface area contributed by atoms with Crippen molar-refractivity contribution in [1.82, 2.24) is 10.2 Å². The first-order chi connectivity index (χ1) is 9.15. The number of carbonyl (C=O) groups is 1. The van der Waals surface area contributed by atoms with Crippen LogP contribution in [0.5, 0.6) is 0 Å². The number of nitrogens with one attached hydrogen (secondary N) is 1. The van der Waals surface area contributed by atoms with Crippen molar-refractivity contribution in [3.8, 4) is 0 Å². The molecule has 1 saturated carbocycles. The van der Waals surface area contributed by atoms with Crippen LogP contribution in [-0.2, 0) is 4.79 Å². The normalized spacial score (nSPS) is 43.2. The first-order valence-electron chi connectivity index (χ1n) is 7.95. The van der Waals surface area contributed by atoms with Gasteiger partial charge in [-0.15, -0.1) is 0 Å². The summed E-state index contributed by atoms with van der Waals surface area (Å²) in [5.74, 6) is 0.915. The van der Waals surface area contributed by atoms with E-state index in [0.29, 0.717) is 24.0 Å². The van der Waals surface area contributed by atoms with E-state index in [1.54, 1.807) is 0 Å². The predicted molar refractivity (Wildman–Crippen MR) is 75.6 cm³/mol. The Hall–Kier alpha value is -0.610. The van der Waals surface area contributed by atoms with E-state index in [-0.39, 0.29) is 11.8 Å². The van der Waals surface area contributed by atoms with Crippen molar-refractivity contribution in [2.75, 3.05) is 13.1 Å². The minimum absolute atomic E-state index is 0.190. The van der Waals surface area contributed by atoms with Gasteiger partial charge in [-0.2, -0.15) is 0 Å². The Balaban J connectivity index is 1.56. The number of hydrogen-bond acceptors (Lipinski definition) is 3. The lowest BCUT2D eigenvalue weighted by Gasteiger charge is -2.33. The molecular weight excluding hydrogens is 238 g/mol. The Morgan fingerprint density at radius 2 is 2.05 bits per heavy atom. The van der Waals surface area contributed by atoms with Gasteiger partial charge >= 0.3 is 0 Å². The highest BCUT2D eigenvalue weighted by Gasteiger charge is 2.39. The van der Waals surface area contributed by atoms with E-state index < -0.39 is 0 Å². The molecule has 0 radical (unpaired) electrons. The quantitative estimate of drug-likeness (QED) is 0.786. The smallest absolute Gasteiger partial charge is 0.223 e. The van der Waals surface area contributed by atoms with Gasteiger partial charge in [0, 0.05) is 30.6 Å². The first-order valence-corrected chi connectivity index (χ1v) is 7.95. The molecule has 4 nitrogen and oxygen atoms in total. The molecule has 3 N–H and O–H groups in total. The van der Waals surface area contributed by atoms with Gasteiger partial charge in [-0.25, -0.2) is 0 Å². The van der Waals surface area contributed by atoms with E-state index >= 15 is 0 Å². The molecule has 0 aromatic rings. The lowest BCUT2D eigenvalue weighted by atomic mass is 9.77. The standard InChI is InChI=1S/C15H27N3O/c1-10-9-11(16)4-5-12(10)15(19)17-13-6-8-18-7-2-3-14(13)18/h10-14H,2-9,16H2,1H3,(H,17,19). The summed E-state index contributed by atoms with van der Waals surface area (Å²) in [6, 6.07) is 1.32. The van der Waals surface area contributed by atoms with Crippen molar-refractivity contribution in [2.24, 2.45) is 17.6 Å². The molecule has 5 atom stereocenters. The lowest BCUT2D eigenvalue weighted by molar-refractivity contribution is -0.128. The van der Waals surface area contributed by atoms with Gasteiger partial charge in [0.1, 0.15) is 0 Å². The van der Waals surface area contributed by atoms with Crippen LogP contribution in [0.25, 0.3) is 0 Å².